The second-order valence-electron chi connectivity index (χ2n) is 5.35. The summed E-state index contributed by atoms with van der Waals surface area (Å²) < 4.78 is 11.0. The van der Waals surface area contributed by atoms with Crippen LogP contribution in [0.15, 0.2) is 53.0 Å². The second-order valence-corrected chi connectivity index (χ2v) is 6.27. The molecule has 0 aromatic heterocycles. The maximum Gasteiger partial charge on any atom is 0.405 e. The number of hydrogen-bond acceptors (Lipinski definition) is 4. The van der Waals surface area contributed by atoms with Crippen molar-refractivity contribution < 1.29 is 19.1 Å². The zero-order valence-corrected chi connectivity index (χ0v) is 15.5. The van der Waals surface area contributed by atoms with E-state index in [1.165, 1.54) is 4.90 Å². The molecule has 1 unspecified atom stereocenters. The Labute approximate surface area is 154 Å². The summed E-state index contributed by atoms with van der Waals surface area (Å²) in [4.78, 5) is 25.4. The van der Waals surface area contributed by atoms with Gasteiger partial charge in [-0.2, -0.15) is 0 Å². The molecule has 25 heavy (non-hydrogen) atoms. The fourth-order valence-corrected chi connectivity index (χ4v) is 2.79. The maximum absolute atomic E-state index is 12.8. The predicted molar refractivity (Wildman–Crippen MR) is 98.7 cm³/mol. The predicted octanol–water partition coefficient (Wildman–Crippen LogP) is 3.13. The highest BCUT2D eigenvalue weighted by Crippen LogP contribution is 2.21. The van der Waals surface area contributed by atoms with E-state index in [-0.39, 0.29) is 12.3 Å². The van der Waals surface area contributed by atoms with Gasteiger partial charge in [0.05, 0.1) is 7.11 Å². The van der Waals surface area contributed by atoms with Gasteiger partial charge in [0.2, 0.25) is 0 Å². The van der Waals surface area contributed by atoms with E-state index in [1.807, 2.05) is 24.3 Å². The fourth-order valence-electron chi connectivity index (χ4n) is 2.35. The number of nitrogens with zero attached hydrogens (tertiary/aromatic N) is 1. The Morgan fingerprint density at radius 1 is 1.20 bits per heavy atom. The smallest absolute Gasteiger partial charge is 0.405 e. The molecule has 0 aliphatic rings. The highest BCUT2D eigenvalue weighted by Gasteiger charge is 2.26. The van der Waals surface area contributed by atoms with Crippen molar-refractivity contribution in [3.8, 4) is 5.75 Å². The Morgan fingerprint density at radius 2 is 1.88 bits per heavy atom. The number of halogens is 1. The second kappa shape index (κ2) is 8.53. The lowest BCUT2D eigenvalue weighted by Crippen LogP contribution is -2.41. The van der Waals surface area contributed by atoms with E-state index in [2.05, 4.69) is 15.9 Å². The van der Waals surface area contributed by atoms with E-state index in [1.54, 1.807) is 38.4 Å². The number of methoxy groups -OCH3 is 1. The molecule has 6 nitrogen and oxygen atoms in total. The van der Waals surface area contributed by atoms with Crippen molar-refractivity contribution in [2.75, 3.05) is 19.1 Å². The van der Waals surface area contributed by atoms with Gasteiger partial charge in [-0.15, -0.1) is 0 Å². The van der Waals surface area contributed by atoms with Crippen LogP contribution in [-0.4, -0.2) is 32.3 Å². The van der Waals surface area contributed by atoms with Crippen LogP contribution in [0.25, 0.3) is 0 Å². The van der Waals surface area contributed by atoms with Crippen molar-refractivity contribution in [2.45, 2.75) is 12.5 Å². The molecule has 0 saturated heterocycles. The number of rotatable bonds is 6. The maximum atomic E-state index is 12.8. The molecule has 7 heteroatoms. The number of likely N-dealkylation sites (N-methyl/N-ethyl adjacent to an activating group) is 1. The number of carbonyl (C=O) groups is 2. The van der Waals surface area contributed by atoms with E-state index >= 15 is 0 Å². The Kier molecular flexibility index (Phi) is 6.41. The summed E-state index contributed by atoms with van der Waals surface area (Å²) in [6.07, 6.45) is -1.78. The highest BCUT2D eigenvalue weighted by atomic mass is 79.9. The summed E-state index contributed by atoms with van der Waals surface area (Å²) in [6, 6.07) is 14.4. The molecule has 0 aliphatic carbocycles. The summed E-state index contributed by atoms with van der Waals surface area (Å²) in [7, 11) is 3.18. The topological polar surface area (TPSA) is 81.9 Å². The van der Waals surface area contributed by atoms with Gasteiger partial charge >= 0.3 is 6.09 Å². The van der Waals surface area contributed by atoms with E-state index in [9.17, 15) is 9.59 Å². The average Bonchev–Trinajstić information content (AvgIpc) is 2.59. The highest BCUT2D eigenvalue weighted by molar-refractivity contribution is 9.10. The molecule has 2 aromatic carbocycles. The molecule has 132 valence electrons. The molecule has 0 fully saturated rings. The van der Waals surface area contributed by atoms with Gasteiger partial charge < -0.3 is 20.1 Å². The summed E-state index contributed by atoms with van der Waals surface area (Å²) in [5, 5.41) is 0. The van der Waals surface area contributed by atoms with Crippen LogP contribution in [0.1, 0.15) is 5.56 Å². The van der Waals surface area contributed by atoms with Gasteiger partial charge in [0.15, 0.2) is 6.10 Å². The van der Waals surface area contributed by atoms with Gasteiger partial charge in [-0.05, 0) is 42.0 Å². The third kappa shape index (κ3) is 5.22. The number of carbonyl (C=O) groups excluding carboxylic acids is 2. The molecule has 0 radical (unpaired) electrons. The minimum atomic E-state index is -1.01. The molecule has 0 aliphatic heterocycles. The van der Waals surface area contributed by atoms with Crippen molar-refractivity contribution in [3.05, 3.63) is 58.6 Å². The van der Waals surface area contributed by atoms with Crippen LogP contribution in [0.4, 0.5) is 10.5 Å². The monoisotopic (exact) mass is 406 g/mol. The molecule has 2 N–H and O–H groups in total. The molecule has 0 spiro atoms. The lowest BCUT2D eigenvalue weighted by atomic mass is 10.1. The Bertz CT molecular complexity index is 749. The summed E-state index contributed by atoms with van der Waals surface area (Å²) in [5.41, 5.74) is 6.63. The van der Waals surface area contributed by atoms with Crippen LogP contribution < -0.4 is 15.4 Å². The molecule has 2 amide bonds. The molecular weight excluding hydrogens is 388 g/mol. The third-order valence-corrected chi connectivity index (χ3v) is 4.13. The van der Waals surface area contributed by atoms with Crippen LogP contribution in [-0.2, 0) is 16.0 Å². The van der Waals surface area contributed by atoms with Crippen LogP contribution in [0.2, 0.25) is 0 Å². The Morgan fingerprint density at radius 3 is 2.44 bits per heavy atom. The molecule has 0 bridgehead atoms. The number of nitrogens with two attached hydrogens (primary N) is 1. The number of hydrogen-bond donors (Lipinski definition) is 1. The van der Waals surface area contributed by atoms with E-state index in [0.29, 0.717) is 11.4 Å². The summed E-state index contributed by atoms with van der Waals surface area (Å²) >= 11 is 3.38. The number of ether oxygens (including phenoxy) is 2. The summed E-state index contributed by atoms with van der Waals surface area (Å²) in [5.74, 6) is 0.313. The molecular formula is C18H19BrN2O4. The van der Waals surface area contributed by atoms with E-state index < -0.39 is 12.2 Å². The van der Waals surface area contributed by atoms with Gasteiger partial charge in [0.25, 0.3) is 5.91 Å². The molecule has 2 rings (SSSR count). The number of benzene rings is 2. The zero-order chi connectivity index (χ0) is 18.4. The van der Waals surface area contributed by atoms with Gasteiger partial charge in [0.1, 0.15) is 5.75 Å². The van der Waals surface area contributed by atoms with Gasteiger partial charge in [0, 0.05) is 23.6 Å². The first-order valence-corrected chi connectivity index (χ1v) is 8.32. The van der Waals surface area contributed by atoms with E-state index in [4.69, 9.17) is 15.2 Å². The van der Waals surface area contributed by atoms with Gasteiger partial charge in [-0.3, -0.25) is 4.79 Å². The minimum absolute atomic E-state index is 0.224. The quantitative estimate of drug-likeness (QED) is 0.798. The Hall–Kier alpha value is -2.54. The first-order valence-electron chi connectivity index (χ1n) is 7.53. The lowest BCUT2D eigenvalue weighted by molar-refractivity contribution is -0.126. The van der Waals surface area contributed by atoms with Crippen molar-refractivity contribution in [1.82, 2.24) is 0 Å². The standard InChI is InChI=1S/C18H19BrN2O4/c1-21(14-6-8-15(24-2)9-7-14)17(22)16(25-18(20)23)11-12-4-3-5-13(19)10-12/h3-10,16H,11H2,1-2H3,(H2,20,23). The van der Waals surface area contributed by atoms with Crippen LogP contribution in [0, 0.1) is 0 Å². The molecule has 1 atom stereocenters. The van der Waals surface area contributed by atoms with Gasteiger partial charge in [-0.25, -0.2) is 4.79 Å². The van der Waals surface area contributed by atoms with Gasteiger partial charge in [-0.1, -0.05) is 28.1 Å². The van der Waals surface area contributed by atoms with Crippen LogP contribution in [0.5, 0.6) is 5.75 Å². The number of amides is 2. The minimum Gasteiger partial charge on any atom is -0.497 e. The first-order chi connectivity index (χ1) is 11.9. The largest absolute Gasteiger partial charge is 0.497 e. The molecule has 0 heterocycles. The third-order valence-electron chi connectivity index (χ3n) is 3.63. The van der Waals surface area contributed by atoms with Crippen molar-refractivity contribution in [3.63, 3.8) is 0 Å². The summed E-state index contributed by atoms with van der Waals surface area (Å²) in [6.45, 7) is 0. The van der Waals surface area contributed by atoms with Crippen molar-refractivity contribution in [2.24, 2.45) is 5.73 Å². The lowest BCUT2D eigenvalue weighted by Gasteiger charge is -2.23. The fraction of sp³-hybridized carbons (Fsp3) is 0.222. The SMILES string of the molecule is COc1ccc(N(C)C(=O)C(Cc2cccc(Br)c2)OC(N)=O)cc1. The average molecular weight is 407 g/mol. The number of primary amides is 1. The van der Waals surface area contributed by atoms with Crippen LogP contribution in [0.3, 0.4) is 0 Å². The van der Waals surface area contributed by atoms with E-state index in [0.717, 1.165) is 10.0 Å². The normalized spacial score (nSPS) is 11.5. The first kappa shape index (κ1) is 18.8. The Balaban J connectivity index is 2.19. The van der Waals surface area contributed by atoms with Crippen molar-refractivity contribution >= 4 is 33.6 Å². The molecule has 2 aromatic rings. The number of anilines is 1. The zero-order valence-electron chi connectivity index (χ0n) is 13.9. The molecule has 0 saturated carbocycles. The van der Waals surface area contributed by atoms with Crippen molar-refractivity contribution in [1.29, 1.82) is 0 Å². The van der Waals surface area contributed by atoms with Crippen LogP contribution >= 0.6 is 15.9 Å².